The molecular weight excluding hydrogens is 252 g/mol. The number of nitrogens with one attached hydrogen (secondary N) is 1. The second-order valence-electron chi connectivity index (χ2n) is 3.56. The molecule has 0 aliphatic carbocycles. The van der Waals surface area contributed by atoms with E-state index < -0.39 is 4.92 Å². The number of rotatable bonds is 5. The third-order valence-electron chi connectivity index (χ3n) is 2.34. The minimum absolute atomic E-state index is 0.0234. The largest absolute Gasteiger partial charge is 0.358 e. The Morgan fingerprint density at radius 3 is 3.00 bits per heavy atom. The van der Waals surface area contributed by atoms with Gasteiger partial charge in [-0.15, -0.1) is 11.3 Å². The molecule has 1 N–H and O–H groups in total. The Bertz CT molecular complexity index is 555. The van der Waals surface area contributed by atoms with Gasteiger partial charge in [-0.1, -0.05) is 6.92 Å². The molecule has 0 bridgehead atoms. The second-order valence-corrected chi connectivity index (χ2v) is 4.76. The van der Waals surface area contributed by atoms with Crippen LogP contribution in [-0.4, -0.2) is 14.9 Å². The molecule has 0 aromatic carbocycles. The van der Waals surface area contributed by atoms with Gasteiger partial charge in [-0.05, 0) is 12.5 Å². The molecule has 94 valence electrons. The van der Waals surface area contributed by atoms with Crippen molar-refractivity contribution in [2.75, 3.05) is 5.32 Å². The van der Waals surface area contributed by atoms with Crippen molar-refractivity contribution < 1.29 is 4.92 Å². The van der Waals surface area contributed by atoms with E-state index in [1.54, 1.807) is 17.4 Å². The highest BCUT2D eigenvalue weighted by Crippen LogP contribution is 2.21. The molecule has 0 unspecified atom stereocenters. The van der Waals surface area contributed by atoms with Crippen molar-refractivity contribution >= 4 is 22.8 Å². The predicted molar refractivity (Wildman–Crippen MR) is 69.7 cm³/mol. The molecule has 0 fully saturated rings. The van der Waals surface area contributed by atoms with Crippen LogP contribution in [0, 0.1) is 10.1 Å². The van der Waals surface area contributed by atoms with Gasteiger partial charge < -0.3 is 5.32 Å². The number of nitrogens with zero attached hydrogens (tertiary/aromatic N) is 3. The standard InChI is InChI=1S/C11H12N4O2S/c1-2-8-6-13-10(18-8)7-14-11-9(15(16)17)4-3-5-12-11/h3-6H,2,7H2,1H3,(H,12,14). The van der Waals surface area contributed by atoms with Crippen LogP contribution >= 0.6 is 11.3 Å². The van der Waals surface area contributed by atoms with Crippen LogP contribution in [0.4, 0.5) is 11.5 Å². The Morgan fingerprint density at radius 1 is 1.50 bits per heavy atom. The van der Waals surface area contributed by atoms with Gasteiger partial charge in [-0.25, -0.2) is 9.97 Å². The first-order chi connectivity index (χ1) is 8.70. The van der Waals surface area contributed by atoms with E-state index >= 15 is 0 Å². The van der Waals surface area contributed by atoms with Crippen molar-refractivity contribution in [2.45, 2.75) is 19.9 Å². The predicted octanol–water partition coefficient (Wildman–Crippen LogP) is 2.62. The Labute approximate surface area is 108 Å². The number of hydrogen-bond acceptors (Lipinski definition) is 6. The summed E-state index contributed by atoms with van der Waals surface area (Å²) in [6.45, 7) is 2.51. The molecular formula is C11H12N4O2S. The molecule has 2 aromatic rings. The van der Waals surface area contributed by atoms with E-state index in [9.17, 15) is 10.1 Å². The molecule has 0 spiro atoms. The average molecular weight is 264 g/mol. The zero-order chi connectivity index (χ0) is 13.0. The zero-order valence-electron chi connectivity index (χ0n) is 9.79. The molecule has 0 saturated carbocycles. The fourth-order valence-corrected chi connectivity index (χ4v) is 2.24. The summed E-state index contributed by atoms with van der Waals surface area (Å²) in [5, 5.41) is 14.6. The van der Waals surface area contributed by atoms with Crippen molar-refractivity contribution in [3.8, 4) is 0 Å². The van der Waals surface area contributed by atoms with Crippen LogP contribution in [0.5, 0.6) is 0 Å². The van der Waals surface area contributed by atoms with Crippen LogP contribution in [-0.2, 0) is 13.0 Å². The first-order valence-electron chi connectivity index (χ1n) is 5.47. The van der Waals surface area contributed by atoms with Gasteiger partial charge in [-0.2, -0.15) is 0 Å². The molecule has 0 aliphatic rings. The van der Waals surface area contributed by atoms with Gasteiger partial charge in [0.05, 0.1) is 11.5 Å². The lowest BCUT2D eigenvalue weighted by molar-refractivity contribution is -0.384. The smallest absolute Gasteiger partial charge is 0.311 e. The van der Waals surface area contributed by atoms with E-state index in [1.165, 1.54) is 17.1 Å². The van der Waals surface area contributed by atoms with Gasteiger partial charge >= 0.3 is 5.69 Å². The summed E-state index contributed by atoms with van der Waals surface area (Å²) >= 11 is 1.60. The molecule has 0 aliphatic heterocycles. The summed E-state index contributed by atoms with van der Waals surface area (Å²) in [6.07, 6.45) is 4.30. The number of anilines is 1. The van der Waals surface area contributed by atoms with E-state index in [-0.39, 0.29) is 11.5 Å². The van der Waals surface area contributed by atoms with Crippen LogP contribution in [0.2, 0.25) is 0 Å². The highest BCUT2D eigenvalue weighted by Gasteiger charge is 2.13. The topological polar surface area (TPSA) is 81.0 Å². The maximum absolute atomic E-state index is 10.8. The van der Waals surface area contributed by atoms with Gasteiger partial charge in [0.1, 0.15) is 5.01 Å². The lowest BCUT2D eigenvalue weighted by atomic mass is 10.4. The normalized spacial score (nSPS) is 10.3. The van der Waals surface area contributed by atoms with Gasteiger partial charge in [0.2, 0.25) is 5.82 Å². The maximum Gasteiger partial charge on any atom is 0.311 e. The summed E-state index contributed by atoms with van der Waals surface area (Å²) in [5.41, 5.74) is -0.0234. The molecule has 2 rings (SSSR count). The van der Waals surface area contributed by atoms with Gasteiger partial charge in [0.15, 0.2) is 0 Å². The highest BCUT2D eigenvalue weighted by atomic mass is 32.1. The van der Waals surface area contributed by atoms with Crippen molar-refractivity contribution in [1.82, 2.24) is 9.97 Å². The SMILES string of the molecule is CCc1cnc(CNc2ncccc2[N+](=O)[O-])s1. The quantitative estimate of drug-likeness (QED) is 0.663. The fraction of sp³-hybridized carbons (Fsp3) is 0.273. The first kappa shape index (κ1) is 12.4. The third kappa shape index (κ3) is 2.80. The Hall–Kier alpha value is -2.02. The van der Waals surface area contributed by atoms with E-state index in [0.29, 0.717) is 6.54 Å². The van der Waals surface area contributed by atoms with Gasteiger partial charge in [0.25, 0.3) is 0 Å². The van der Waals surface area contributed by atoms with E-state index in [4.69, 9.17) is 0 Å². The summed E-state index contributed by atoms with van der Waals surface area (Å²) in [4.78, 5) is 19.7. The molecule has 18 heavy (non-hydrogen) atoms. The number of thiazole rings is 1. The van der Waals surface area contributed by atoms with Gasteiger partial charge in [0, 0.05) is 23.3 Å². The highest BCUT2D eigenvalue weighted by molar-refractivity contribution is 7.11. The summed E-state index contributed by atoms with van der Waals surface area (Å²) < 4.78 is 0. The van der Waals surface area contributed by atoms with Crippen LogP contribution in [0.25, 0.3) is 0 Å². The molecule has 2 aromatic heterocycles. The van der Waals surface area contributed by atoms with E-state index in [2.05, 4.69) is 22.2 Å². The van der Waals surface area contributed by atoms with Gasteiger partial charge in [-0.3, -0.25) is 10.1 Å². The number of aryl methyl sites for hydroxylation is 1. The molecule has 0 amide bonds. The van der Waals surface area contributed by atoms with Crippen LogP contribution in [0.3, 0.4) is 0 Å². The Kier molecular flexibility index (Phi) is 3.83. The summed E-state index contributed by atoms with van der Waals surface area (Å²) in [7, 11) is 0. The van der Waals surface area contributed by atoms with Crippen molar-refractivity contribution in [3.63, 3.8) is 0 Å². The molecule has 6 nitrogen and oxygen atoms in total. The zero-order valence-corrected chi connectivity index (χ0v) is 10.6. The first-order valence-corrected chi connectivity index (χ1v) is 6.29. The number of aromatic nitrogens is 2. The minimum atomic E-state index is -0.450. The Morgan fingerprint density at radius 2 is 2.33 bits per heavy atom. The maximum atomic E-state index is 10.8. The molecule has 7 heteroatoms. The molecule has 0 saturated heterocycles. The summed E-state index contributed by atoms with van der Waals surface area (Å²) in [5.74, 6) is 0.274. The molecule has 0 radical (unpaired) electrons. The number of pyridine rings is 1. The van der Waals surface area contributed by atoms with Crippen molar-refractivity contribution in [3.05, 3.63) is 44.5 Å². The lowest BCUT2D eigenvalue weighted by Gasteiger charge is -2.03. The van der Waals surface area contributed by atoms with Crippen molar-refractivity contribution in [2.24, 2.45) is 0 Å². The lowest BCUT2D eigenvalue weighted by Crippen LogP contribution is -2.03. The fourth-order valence-electron chi connectivity index (χ4n) is 1.43. The average Bonchev–Trinajstić information content (AvgIpc) is 2.84. The van der Waals surface area contributed by atoms with Crippen LogP contribution < -0.4 is 5.32 Å². The second kappa shape index (κ2) is 5.54. The summed E-state index contributed by atoms with van der Waals surface area (Å²) in [6, 6.07) is 2.97. The van der Waals surface area contributed by atoms with E-state index in [0.717, 1.165) is 11.4 Å². The van der Waals surface area contributed by atoms with E-state index in [1.807, 2.05) is 6.20 Å². The molecule has 0 atom stereocenters. The van der Waals surface area contributed by atoms with Crippen LogP contribution in [0.15, 0.2) is 24.5 Å². The monoisotopic (exact) mass is 264 g/mol. The molecule has 2 heterocycles. The third-order valence-corrected chi connectivity index (χ3v) is 3.48. The number of nitro groups is 1. The van der Waals surface area contributed by atoms with Crippen molar-refractivity contribution in [1.29, 1.82) is 0 Å². The minimum Gasteiger partial charge on any atom is -0.358 e. The Balaban J connectivity index is 2.08. The number of hydrogen-bond donors (Lipinski definition) is 1. The van der Waals surface area contributed by atoms with Crippen LogP contribution in [0.1, 0.15) is 16.8 Å².